The molecule has 124 valence electrons. The highest BCUT2D eigenvalue weighted by molar-refractivity contribution is 5.92. The van der Waals surface area contributed by atoms with Gasteiger partial charge in [-0.05, 0) is 30.3 Å². The van der Waals surface area contributed by atoms with Crippen LogP contribution in [0.25, 0.3) is 0 Å². The second-order valence-electron chi connectivity index (χ2n) is 4.78. The average molecular weight is 331 g/mol. The number of nitrogens with one attached hydrogen (secondary N) is 1. The molecule has 0 aromatic heterocycles. The molecule has 0 saturated heterocycles. The first-order chi connectivity index (χ1) is 11.4. The Bertz CT molecular complexity index is 788. The number of ether oxygens (including phenoxy) is 1. The lowest BCUT2D eigenvalue weighted by molar-refractivity contribution is -0.394. The molecule has 0 aliphatic rings. The maximum atomic E-state index is 12.0. The smallest absolute Gasteiger partial charge is 0.279 e. The number of nitro groups is 2. The molecule has 1 N–H and O–H groups in total. The Balaban J connectivity index is 2.15. The van der Waals surface area contributed by atoms with E-state index in [0.717, 1.165) is 12.1 Å². The Kier molecular flexibility index (Phi) is 5.05. The predicted molar refractivity (Wildman–Crippen MR) is 85.1 cm³/mol. The molecule has 0 aliphatic carbocycles. The van der Waals surface area contributed by atoms with Gasteiger partial charge in [0, 0.05) is 17.3 Å². The molecule has 0 heterocycles. The molecule has 0 unspecified atom stereocenters. The summed E-state index contributed by atoms with van der Waals surface area (Å²) in [5.41, 5.74) is -0.267. The highest BCUT2D eigenvalue weighted by atomic mass is 16.6. The fourth-order valence-electron chi connectivity index (χ4n) is 2.04. The van der Waals surface area contributed by atoms with Gasteiger partial charge in [-0.2, -0.15) is 0 Å². The van der Waals surface area contributed by atoms with E-state index in [1.54, 1.807) is 24.3 Å². The van der Waals surface area contributed by atoms with Gasteiger partial charge in [0.05, 0.1) is 29.4 Å². The summed E-state index contributed by atoms with van der Waals surface area (Å²) in [4.78, 5) is 32.3. The first kappa shape index (κ1) is 16.9. The Morgan fingerprint density at radius 3 is 2.29 bits per heavy atom. The SMILES string of the molecule is COc1ccc(NC(=O)Cc2ccc([N+](=O)[O-])cc2[N+](=O)[O-])cc1. The molecule has 1 amide bonds. The molecule has 9 nitrogen and oxygen atoms in total. The van der Waals surface area contributed by atoms with E-state index in [4.69, 9.17) is 4.74 Å². The Labute approximate surface area is 136 Å². The number of amides is 1. The second kappa shape index (κ2) is 7.18. The Morgan fingerprint density at radius 2 is 1.75 bits per heavy atom. The van der Waals surface area contributed by atoms with Crippen LogP contribution >= 0.6 is 0 Å². The molecule has 0 atom stereocenters. The maximum absolute atomic E-state index is 12.0. The van der Waals surface area contributed by atoms with E-state index < -0.39 is 27.1 Å². The van der Waals surface area contributed by atoms with Crippen molar-refractivity contribution < 1.29 is 19.4 Å². The highest BCUT2D eigenvalue weighted by Crippen LogP contribution is 2.25. The van der Waals surface area contributed by atoms with Gasteiger partial charge in [-0.15, -0.1) is 0 Å². The summed E-state index contributed by atoms with van der Waals surface area (Å²) in [7, 11) is 1.52. The summed E-state index contributed by atoms with van der Waals surface area (Å²) in [5.74, 6) is 0.149. The van der Waals surface area contributed by atoms with E-state index in [2.05, 4.69) is 5.32 Å². The maximum Gasteiger partial charge on any atom is 0.279 e. The second-order valence-corrected chi connectivity index (χ2v) is 4.78. The molecular formula is C15H13N3O6. The topological polar surface area (TPSA) is 125 Å². The van der Waals surface area contributed by atoms with Gasteiger partial charge in [-0.1, -0.05) is 0 Å². The lowest BCUT2D eigenvalue weighted by Crippen LogP contribution is -2.15. The molecule has 0 bridgehead atoms. The fourth-order valence-corrected chi connectivity index (χ4v) is 2.04. The van der Waals surface area contributed by atoms with Gasteiger partial charge in [0.25, 0.3) is 11.4 Å². The van der Waals surface area contributed by atoms with Crippen molar-refractivity contribution in [3.63, 3.8) is 0 Å². The third kappa shape index (κ3) is 4.03. The van der Waals surface area contributed by atoms with Crippen LogP contribution in [0.5, 0.6) is 5.75 Å². The lowest BCUT2D eigenvalue weighted by Gasteiger charge is -2.07. The minimum Gasteiger partial charge on any atom is -0.497 e. The summed E-state index contributed by atoms with van der Waals surface area (Å²) in [6.07, 6.45) is -0.277. The molecule has 0 fully saturated rings. The molecule has 0 aliphatic heterocycles. The monoisotopic (exact) mass is 331 g/mol. The van der Waals surface area contributed by atoms with Crippen molar-refractivity contribution in [2.24, 2.45) is 0 Å². The van der Waals surface area contributed by atoms with Crippen molar-refractivity contribution in [1.29, 1.82) is 0 Å². The number of carbonyl (C=O) groups excluding carboxylic acids is 1. The van der Waals surface area contributed by atoms with Crippen molar-refractivity contribution in [3.05, 3.63) is 68.3 Å². The van der Waals surface area contributed by atoms with Crippen LogP contribution in [-0.4, -0.2) is 22.9 Å². The number of anilines is 1. The molecule has 0 spiro atoms. The molecule has 2 rings (SSSR count). The predicted octanol–water partition coefficient (Wildman–Crippen LogP) is 2.69. The summed E-state index contributed by atoms with van der Waals surface area (Å²) < 4.78 is 5.00. The Morgan fingerprint density at radius 1 is 1.08 bits per heavy atom. The number of methoxy groups -OCH3 is 1. The fraction of sp³-hybridized carbons (Fsp3) is 0.133. The zero-order chi connectivity index (χ0) is 17.7. The van der Waals surface area contributed by atoms with E-state index in [0.29, 0.717) is 11.4 Å². The zero-order valence-electron chi connectivity index (χ0n) is 12.6. The van der Waals surface area contributed by atoms with E-state index in [1.165, 1.54) is 13.2 Å². The van der Waals surface area contributed by atoms with E-state index in [-0.39, 0.29) is 12.0 Å². The standard InChI is InChI=1S/C15H13N3O6/c1-24-13-6-3-11(4-7-13)16-15(19)8-10-2-5-12(17(20)21)9-14(10)18(22)23/h2-7,9H,8H2,1H3,(H,16,19). The molecule has 9 heteroatoms. The number of hydrogen-bond donors (Lipinski definition) is 1. The lowest BCUT2D eigenvalue weighted by atomic mass is 10.1. The van der Waals surface area contributed by atoms with Gasteiger partial charge in [-0.3, -0.25) is 25.0 Å². The van der Waals surface area contributed by atoms with E-state index in [1.807, 2.05) is 0 Å². The van der Waals surface area contributed by atoms with Gasteiger partial charge < -0.3 is 10.1 Å². The molecule has 24 heavy (non-hydrogen) atoms. The summed E-state index contributed by atoms with van der Waals surface area (Å²) in [6.45, 7) is 0. The molecule has 2 aromatic carbocycles. The summed E-state index contributed by atoms with van der Waals surface area (Å²) >= 11 is 0. The van der Waals surface area contributed by atoms with Crippen molar-refractivity contribution in [2.45, 2.75) is 6.42 Å². The van der Waals surface area contributed by atoms with Crippen LogP contribution in [0.2, 0.25) is 0 Å². The average Bonchev–Trinajstić information content (AvgIpc) is 2.55. The van der Waals surface area contributed by atoms with Gasteiger partial charge in [0.2, 0.25) is 5.91 Å². The van der Waals surface area contributed by atoms with Gasteiger partial charge in [0.1, 0.15) is 5.75 Å². The Hall–Kier alpha value is -3.49. The van der Waals surface area contributed by atoms with Crippen molar-refractivity contribution >= 4 is 23.0 Å². The third-order valence-electron chi connectivity index (χ3n) is 3.20. The molecular weight excluding hydrogens is 318 g/mol. The van der Waals surface area contributed by atoms with Gasteiger partial charge in [0.15, 0.2) is 0 Å². The van der Waals surface area contributed by atoms with Gasteiger partial charge in [-0.25, -0.2) is 0 Å². The van der Waals surface area contributed by atoms with Crippen LogP contribution in [-0.2, 0) is 11.2 Å². The minimum absolute atomic E-state index is 0.0941. The number of carbonyl (C=O) groups is 1. The number of rotatable bonds is 6. The van der Waals surface area contributed by atoms with Crippen molar-refractivity contribution in [3.8, 4) is 5.75 Å². The van der Waals surface area contributed by atoms with Gasteiger partial charge >= 0.3 is 0 Å². The van der Waals surface area contributed by atoms with E-state index in [9.17, 15) is 25.0 Å². The molecule has 2 aromatic rings. The van der Waals surface area contributed by atoms with Crippen LogP contribution in [0.1, 0.15) is 5.56 Å². The number of non-ortho nitro benzene ring substituents is 1. The molecule has 0 radical (unpaired) electrons. The highest BCUT2D eigenvalue weighted by Gasteiger charge is 2.21. The van der Waals surface area contributed by atoms with Crippen LogP contribution in [0.3, 0.4) is 0 Å². The van der Waals surface area contributed by atoms with Crippen molar-refractivity contribution in [2.75, 3.05) is 12.4 Å². The first-order valence-corrected chi connectivity index (χ1v) is 6.76. The third-order valence-corrected chi connectivity index (χ3v) is 3.20. The first-order valence-electron chi connectivity index (χ1n) is 6.76. The van der Waals surface area contributed by atoms with Crippen LogP contribution < -0.4 is 10.1 Å². The number of benzene rings is 2. The van der Waals surface area contributed by atoms with Crippen LogP contribution in [0.15, 0.2) is 42.5 Å². The number of nitrogens with zero attached hydrogens (tertiary/aromatic N) is 2. The quantitative estimate of drug-likeness (QED) is 0.641. The summed E-state index contributed by atoms with van der Waals surface area (Å²) in [6, 6.07) is 9.75. The van der Waals surface area contributed by atoms with E-state index >= 15 is 0 Å². The number of nitro benzene ring substituents is 2. The minimum atomic E-state index is -0.747. The summed E-state index contributed by atoms with van der Waals surface area (Å²) in [5, 5.41) is 24.3. The number of hydrogen-bond acceptors (Lipinski definition) is 6. The largest absolute Gasteiger partial charge is 0.497 e. The van der Waals surface area contributed by atoms with Crippen LogP contribution in [0.4, 0.5) is 17.1 Å². The molecule has 0 saturated carbocycles. The normalized spacial score (nSPS) is 10.0. The van der Waals surface area contributed by atoms with Crippen molar-refractivity contribution in [1.82, 2.24) is 0 Å². The van der Waals surface area contributed by atoms with Crippen LogP contribution in [0, 0.1) is 20.2 Å². The zero-order valence-corrected chi connectivity index (χ0v) is 12.6.